The van der Waals surface area contributed by atoms with Crippen LogP contribution in [0.5, 0.6) is 5.75 Å². The molecule has 5 aromatic rings. The van der Waals surface area contributed by atoms with E-state index in [9.17, 15) is 5.11 Å². The van der Waals surface area contributed by atoms with Crippen LogP contribution >= 0.6 is 0 Å². The Hall–Kier alpha value is -4.34. The van der Waals surface area contributed by atoms with Crippen molar-refractivity contribution in [1.82, 2.24) is 0 Å². The highest BCUT2D eigenvalue weighted by atomic mass is 16.7. The Morgan fingerprint density at radius 2 is 1.08 bits per heavy atom. The summed E-state index contributed by atoms with van der Waals surface area (Å²) in [6, 6.07) is 45.5. The summed E-state index contributed by atoms with van der Waals surface area (Å²) in [6.45, 7) is 5.56. The summed E-state index contributed by atoms with van der Waals surface area (Å²) in [5, 5.41) is 13.1. The summed E-state index contributed by atoms with van der Waals surface area (Å²) in [6.07, 6.45) is -3.25. The van der Waals surface area contributed by atoms with Gasteiger partial charge in [-0.25, -0.2) is 0 Å². The maximum absolute atomic E-state index is 13.1. The van der Waals surface area contributed by atoms with Crippen molar-refractivity contribution in [3.63, 3.8) is 0 Å². The third kappa shape index (κ3) is 9.06. The van der Waals surface area contributed by atoms with E-state index < -0.39 is 30.2 Å². The quantitative estimate of drug-likeness (QED) is 0.114. The molecule has 0 saturated carbocycles. The number of aliphatic hydroxyl groups is 1. The molecule has 1 aliphatic heterocycles. The van der Waals surface area contributed by atoms with Crippen LogP contribution in [0.2, 0.25) is 0 Å². The summed E-state index contributed by atoms with van der Waals surface area (Å²) < 4.78 is 39.6. The van der Waals surface area contributed by atoms with Crippen LogP contribution in [-0.2, 0) is 55.9 Å². The summed E-state index contributed by atoms with van der Waals surface area (Å²) in [7, 11) is 0. The van der Waals surface area contributed by atoms with Crippen LogP contribution in [-0.4, -0.2) is 42.7 Å². The average molecular weight is 675 g/mol. The van der Waals surface area contributed by atoms with Crippen LogP contribution in [0.1, 0.15) is 40.3 Å². The lowest BCUT2D eigenvalue weighted by Gasteiger charge is -2.50. The second kappa shape index (κ2) is 17.5. The molecular weight excluding hydrogens is 628 g/mol. The van der Waals surface area contributed by atoms with Gasteiger partial charge in [0.15, 0.2) is 0 Å². The zero-order chi connectivity index (χ0) is 34.6. The second-order valence-electron chi connectivity index (χ2n) is 12.5. The van der Waals surface area contributed by atoms with Crippen molar-refractivity contribution in [2.24, 2.45) is 0 Å². The minimum atomic E-state index is -2.00. The predicted octanol–water partition coefficient (Wildman–Crippen LogP) is 7.91. The van der Waals surface area contributed by atoms with Gasteiger partial charge in [-0.05, 0) is 48.2 Å². The molecule has 0 radical (unpaired) electrons. The Kier molecular flexibility index (Phi) is 12.5. The van der Waals surface area contributed by atoms with E-state index in [1.165, 1.54) is 0 Å². The first-order valence-electron chi connectivity index (χ1n) is 17.3. The zero-order valence-electron chi connectivity index (χ0n) is 28.7. The first-order valence-corrected chi connectivity index (χ1v) is 17.3. The highest BCUT2D eigenvalue weighted by Gasteiger charge is 2.58. The maximum atomic E-state index is 13.1. The number of rotatable bonds is 16. The smallest absolute Gasteiger partial charge is 0.226 e. The standard InChI is InChI=1S/C43H46O7/c1-3-46-38-25-24-32(2)26-37(38)43(44)42(49-30-36-22-14-7-15-23-36)41(48-29-35-20-12-6-13-21-35)40(47-28-34-18-10-5-11-19-34)39(50-43)31-45-27-33-16-8-4-9-17-33/h4-26,39-42,44H,3,27-31H2,1-2H3. The molecule has 5 atom stereocenters. The van der Waals surface area contributed by atoms with Crippen molar-refractivity contribution < 1.29 is 33.5 Å². The summed E-state index contributed by atoms with van der Waals surface area (Å²) in [4.78, 5) is 0. The van der Waals surface area contributed by atoms with Gasteiger partial charge in [-0.15, -0.1) is 0 Å². The molecule has 5 aromatic carbocycles. The number of hydrogen-bond donors (Lipinski definition) is 1. The summed E-state index contributed by atoms with van der Waals surface area (Å²) in [5.41, 5.74) is 5.34. The van der Waals surface area contributed by atoms with Crippen molar-refractivity contribution in [3.05, 3.63) is 173 Å². The van der Waals surface area contributed by atoms with Crippen molar-refractivity contribution in [2.45, 2.75) is 70.5 Å². The van der Waals surface area contributed by atoms with Crippen molar-refractivity contribution in [2.75, 3.05) is 13.2 Å². The molecule has 5 unspecified atom stereocenters. The molecule has 260 valence electrons. The van der Waals surface area contributed by atoms with Gasteiger partial charge >= 0.3 is 0 Å². The molecule has 0 amide bonds. The van der Waals surface area contributed by atoms with E-state index in [-0.39, 0.29) is 19.8 Å². The third-order valence-corrected chi connectivity index (χ3v) is 8.76. The van der Waals surface area contributed by atoms with E-state index in [4.69, 9.17) is 28.4 Å². The van der Waals surface area contributed by atoms with E-state index in [1.54, 1.807) is 0 Å². The Balaban J connectivity index is 1.42. The van der Waals surface area contributed by atoms with Gasteiger partial charge in [-0.2, -0.15) is 0 Å². The Labute approximate surface area is 295 Å². The van der Waals surface area contributed by atoms with Gasteiger partial charge in [0.2, 0.25) is 5.79 Å². The first kappa shape index (κ1) is 35.5. The van der Waals surface area contributed by atoms with Crippen LogP contribution in [0, 0.1) is 6.92 Å². The van der Waals surface area contributed by atoms with Crippen LogP contribution in [0.4, 0.5) is 0 Å². The van der Waals surface area contributed by atoms with E-state index in [0.29, 0.717) is 31.1 Å². The van der Waals surface area contributed by atoms with Crippen LogP contribution in [0.15, 0.2) is 140 Å². The Bertz CT molecular complexity index is 1720. The van der Waals surface area contributed by atoms with Crippen LogP contribution in [0.3, 0.4) is 0 Å². The van der Waals surface area contributed by atoms with E-state index in [2.05, 4.69) is 0 Å². The van der Waals surface area contributed by atoms with E-state index in [1.807, 2.05) is 153 Å². The molecule has 7 heteroatoms. The van der Waals surface area contributed by atoms with Gasteiger partial charge in [-0.3, -0.25) is 0 Å². The topological polar surface area (TPSA) is 75.6 Å². The molecule has 6 rings (SSSR count). The van der Waals surface area contributed by atoms with Gasteiger partial charge in [0, 0.05) is 0 Å². The number of aryl methyl sites for hydroxylation is 1. The Morgan fingerprint density at radius 1 is 0.600 bits per heavy atom. The van der Waals surface area contributed by atoms with Crippen molar-refractivity contribution in [3.8, 4) is 5.75 Å². The molecule has 1 saturated heterocycles. The average Bonchev–Trinajstić information content (AvgIpc) is 3.15. The number of ether oxygens (including phenoxy) is 6. The fourth-order valence-electron chi connectivity index (χ4n) is 6.28. The number of hydrogen-bond acceptors (Lipinski definition) is 7. The molecular formula is C43H46O7. The third-order valence-electron chi connectivity index (χ3n) is 8.76. The molecule has 7 nitrogen and oxygen atoms in total. The SMILES string of the molecule is CCOc1ccc(C)cc1C1(O)OC(COCc2ccccc2)C(OCc2ccccc2)C(OCc2ccccc2)C1OCc1ccccc1. The summed E-state index contributed by atoms with van der Waals surface area (Å²) >= 11 is 0. The fraction of sp³-hybridized carbons (Fsp3) is 0.302. The molecule has 1 aliphatic rings. The molecule has 1 fully saturated rings. The second-order valence-corrected chi connectivity index (χ2v) is 12.5. The fourth-order valence-corrected chi connectivity index (χ4v) is 6.28. The molecule has 1 N–H and O–H groups in total. The molecule has 0 aliphatic carbocycles. The molecule has 0 aromatic heterocycles. The molecule has 0 bridgehead atoms. The minimum absolute atomic E-state index is 0.128. The van der Waals surface area contributed by atoms with Gasteiger partial charge < -0.3 is 33.5 Å². The van der Waals surface area contributed by atoms with Crippen molar-refractivity contribution >= 4 is 0 Å². The van der Waals surface area contributed by atoms with Crippen molar-refractivity contribution in [1.29, 1.82) is 0 Å². The van der Waals surface area contributed by atoms with Gasteiger partial charge in [0.25, 0.3) is 0 Å². The predicted molar refractivity (Wildman–Crippen MR) is 192 cm³/mol. The van der Waals surface area contributed by atoms with E-state index >= 15 is 0 Å². The molecule has 0 spiro atoms. The minimum Gasteiger partial charge on any atom is -0.493 e. The maximum Gasteiger partial charge on any atom is 0.226 e. The van der Waals surface area contributed by atoms with Crippen LogP contribution < -0.4 is 4.74 Å². The normalized spacial score (nSPS) is 21.9. The first-order chi connectivity index (χ1) is 24.5. The highest BCUT2D eigenvalue weighted by molar-refractivity contribution is 5.41. The zero-order valence-corrected chi connectivity index (χ0v) is 28.7. The van der Waals surface area contributed by atoms with Crippen LogP contribution in [0.25, 0.3) is 0 Å². The molecule has 50 heavy (non-hydrogen) atoms. The summed E-state index contributed by atoms with van der Waals surface area (Å²) in [5.74, 6) is -1.50. The molecule has 1 heterocycles. The van der Waals surface area contributed by atoms with Gasteiger partial charge in [0.1, 0.15) is 30.2 Å². The van der Waals surface area contributed by atoms with E-state index in [0.717, 1.165) is 27.8 Å². The Morgan fingerprint density at radius 3 is 1.60 bits per heavy atom. The van der Waals surface area contributed by atoms with Gasteiger partial charge in [0.05, 0.1) is 45.2 Å². The number of benzene rings is 5. The van der Waals surface area contributed by atoms with Gasteiger partial charge in [-0.1, -0.05) is 133 Å². The monoisotopic (exact) mass is 674 g/mol. The largest absolute Gasteiger partial charge is 0.493 e. The lowest BCUT2D eigenvalue weighted by atomic mass is 9.86. The lowest BCUT2D eigenvalue weighted by molar-refractivity contribution is -0.379. The lowest BCUT2D eigenvalue weighted by Crippen LogP contribution is -2.65. The highest BCUT2D eigenvalue weighted by Crippen LogP contribution is 2.45.